The van der Waals surface area contributed by atoms with Gasteiger partial charge in [-0.05, 0) is 60.5 Å². The average Bonchev–Trinajstić information content (AvgIpc) is 2.73. The number of hydrogen-bond acceptors (Lipinski definition) is 5. The van der Waals surface area contributed by atoms with Crippen molar-refractivity contribution < 1.29 is 27.2 Å². The van der Waals surface area contributed by atoms with E-state index >= 15 is 0 Å². The van der Waals surface area contributed by atoms with Crippen molar-refractivity contribution in [2.75, 3.05) is 13.7 Å². The smallest absolute Gasteiger partial charge is 0.294 e. The van der Waals surface area contributed by atoms with Crippen LogP contribution in [0.1, 0.15) is 16.7 Å². The monoisotopic (exact) mass is 428 g/mol. The van der Waals surface area contributed by atoms with Crippen LogP contribution >= 0.6 is 0 Å². The maximum absolute atomic E-state index is 11.5. The zero-order valence-electron chi connectivity index (χ0n) is 16.9. The maximum atomic E-state index is 11.5. The van der Waals surface area contributed by atoms with E-state index in [4.69, 9.17) is 14.2 Å². The number of methoxy groups -OCH3 is 1. The zero-order valence-corrected chi connectivity index (χ0v) is 17.7. The van der Waals surface area contributed by atoms with Crippen molar-refractivity contribution in [1.29, 1.82) is 0 Å². The fourth-order valence-corrected chi connectivity index (χ4v) is 3.69. The van der Waals surface area contributed by atoms with E-state index in [-0.39, 0.29) is 11.5 Å². The molecule has 0 heterocycles. The molecule has 7 heteroatoms. The third-order valence-corrected chi connectivity index (χ3v) is 5.48. The summed E-state index contributed by atoms with van der Waals surface area (Å²) in [5, 5.41) is 0. The van der Waals surface area contributed by atoms with Crippen LogP contribution in [0.2, 0.25) is 0 Å². The molecular formula is C23H24O6S. The molecule has 0 saturated carbocycles. The lowest BCUT2D eigenvalue weighted by molar-refractivity contribution is 0.304. The first-order chi connectivity index (χ1) is 14.3. The molecule has 158 valence electrons. The molecule has 0 spiro atoms. The molecule has 0 saturated heterocycles. The van der Waals surface area contributed by atoms with Crippen LogP contribution in [0.3, 0.4) is 0 Å². The number of ether oxygens (including phenoxy) is 3. The summed E-state index contributed by atoms with van der Waals surface area (Å²) in [5.41, 5.74) is 2.44. The van der Waals surface area contributed by atoms with Gasteiger partial charge in [-0.2, -0.15) is 8.42 Å². The molecule has 0 aromatic heterocycles. The number of benzene rings is 3. The second-order valence-corrected chi connectivity index (χ2v) is 8.18. The molecule has 3 aromatic carbocycles. The Hall–Kier alpha value is -3.03. The first-order valence-corrected chi connectivity index (χ1v) is 10.8. The van der Waals surface area contributed by atoms with Crippen molar-refractivity contribution in [1.82, 2.24) is 0 Å². The van der Waals surface area contributed by atoms with E-state index in [0.29, 0.717) is 24.3 Å². The summed E-state index contributed by atoms with van der Waals surface area (Å²) in [7, 11) is -2.64. The van der Waals surface area contributed by atoms with Crippen molar-refractivity contribution >= 4 is 10.1 Å². The SMILES string of the molecule is COc1ccc(OCc2ccc(OCCc3cc(C)ccc3S(=O)(=O)O)cc2)cc1. The third kappa shape index (κ3) is 5.98. The van der Waals surface area contributed by atoms with E-state index in [0.717, 1.165) is 22.6 Å². The highest BCUT2D eigenvalue weighted by Crippen LogP contribution is 2.21. The number of hydrogen-bond donors (Lipinski definition) is 1. The largest absolute Gasteiger partial charge is 0.497 e. The Morgan fingerprint density at radius 1 is 0.833 bits per heavy atom. The Kier molecular flexibility index (Phi) is 6.97. The van der Waals surface area contributed by atoms with E-state index in [1.54, 1.807) is 19.2 Å². The van der Waals surface area contributed by atoms with Crippen LogP contribution in [0.4, 0.5) is 0 Å². The Morgan fingerprint density at radius 2 is 1.43 bits per heavy atom. The summed E-state index contributed by atoms with van der Waals surface area (Å²) < 4.78 is 49.0. The Labute approximate surface area is 176 Å². The molecule has 0 atom stereocenters. The van der Waals surface area contributed by atoms with Crippen LogP contribution in [0, 0.1) is 6.92 Å². The van der Waals surface area contributed by atoms with Crippen LogP contribution in [-0.4, -0.2) is 26.7 Å². The molecule has 3 rings (SSSR count). The van der Waals surface area contributed by atoms with Gasteiger partial charge in [0, 0.05) is 6.42 Å². The van der Waals surface area contributed by atoms with Gasteiger partial charge >= 0.3 is 0 Å². The molecule has 6 nitrogen and oxygen atoms in total. The van der Waals surface area contributed by atoms with Crippen molar-refractivity contribution in [3.63, 3.8) is 0 Å². The zero-order chi connectivity index (χ0) is 21.6. The topological polar surface area (TPSA) is 82.1 Å². The van der Waals surface area contributed by atoms with Crippen molar-refractivity contribution in [2.45, 2.75) is 24.8 Å². The standard InChI is InChI=1S/C23H24O6S/c1-17-3-12-23(30(24,25)26)19(15-17)13-14-28-21-6-4-18(5-7-21)16-29-22-10-8-20(27-2)9-11-22/h3-12,15H,13-14,16H2,1-2H3,(H,24,25,26). The second kappa shape index (κ2) is 9.65. The van der Waals surface area contributed by atoms with Gasteiger partial charge in [-0.25, -0.2) is 0 Å². The van der Waals surface area contributed by atoms with Crippen molar-refractivity contribution in [3.8, 4) is 17.2 Å². The van der Waals surface area contributed by atoms with Gasteiger partial charge in [0.05, 0.1) is 18.6 Å². The van der Waals surface area contributed by atoms with Crippen LogP contribution < -0.4 is 14.2 Å². The highest BCUT2D eigenvalue weighted by Gasteiger charge is 2.15. The van der Waals surface area contributed by atoms with Crippen LogP contribution in [0.15, 0.2) is 71.6 Å². The van der Waals surface area contributed by atoms with Crippen LogP contribution in [0.25, 0.3) is 0 Å². The molecule has 0 bridgehead atoms. The van der Waals surface area contributed by atoms with Gasteiger partial charge in [0.1, 0.15) is 23.9 Å². The molecule has 0 amide bonds. The molecule has 0 aliphatic rings. The van der Waals surface area contributed by atoms with Gasteiger partial charge < -0.3 is 14.2 Å². The summed E-state index contributed by atoms with van der Waals surface area (Å²) in [6.45, 7) is 2.58. The first kappa shape index (κ1) is 21.7. The Balaban J connectivity index is 1.53. The van der Waals surface area contributed by atoms with E-state index in [9.17, 15) is 13.0 Å². The highest BCUT2D eigenvalue weighted by molar-refractivity contribution is 7.85. The van der Waals surface area contributed by atoms with E-state index in [2.05, 4.69) is 0 Å². The quantitative estimate of drug-likeness (QED) is 0.507. The second-order valence-electron chi connectivity index (χ2n) is 6.79. The Bertz CT molecular complexity index is 1070. The van der Waals surface area contributed by atoms with Gasteiger partial charge in [-0.3, -0.25) is 4.55 Å². The normalized spacial score (nSPS) is 11.2. The molecule has 1 N–H and O–H groups in total. The molecule has 0 unspecified atom stereocenters. The summed E-state index contributed by atoms with van der Waals surface area (Å²) in [6.07, 6.45) is 0.360. The molecule has 30 heavy (non-hydrogen) atoms. The number of aryl methyl sites for hydroxylation is 1. The Morgan fingerprint density at radius 3 is 2.07 bits per heavy atom. The summed E-state index contributed by atoms with van der Waals surface area (Å²) in [6, 6.07) is 19.7. The predicted molar refractivity (Wildman–Crippen MR) is 114 cm³/mol. The minimum absolute atomic E-state index is 0.0808. The maximum Gasteiger partial charge on any atom is 0.294 e. The van der Waals surface area contributed by atoms with Crippen LogP contribution in [-0.2, 0) is 23.1 Å². The fraction of sp³-hybridized carbons (Fsp3) is 0.217. The van der Waals surface area contributed by atoms with Gasteiger partial charge in [0.15, 0.2) is 0 Å². The van der Waals surface area contributed by atoms with Gasteiger partial charge in [0.2, 0.25) is 0 Å². The van der Waals surface area contributed by atoms with Crippen molar-refractivity contribution in [2.24, 2.45) is 0 Å². The minimum atomic E-state index is -4.26. The number of rotatable bonds is 9. The molecule has 0 fully saturated rings. The summed E-state index contributed by atoms with van der Waals surface area (Å²) >= 11 is 0. The van der Waals surface area contributed by atoms with Crippen LogP contribution in [0.5, 0.6) is 17.2 Å². The van der Waals surface area contributed by atoms with E-state index < -0.39 is 10.1 Å². The highest BCUT2D eigenvalue weighted by atomic mass is 32.2. The molecule has 3 aromatic rings. The van der Waals surface area contributed by atoms with Crippen molar-refractivity contribution in [3.05, 3.63) is 83.4 Å². The lowest BCUT2D eigenvalue weighted by atomic mass is 10.1. The lowest BCUT2D eigenvalue weighted by Crippen LogP contribution is -2.08. The summed E-state index contributed by atoms with van der Waals surface area (Å²) in [5.74, 6) is 2.20. The molecule has 0 radical (unpaired) electrons. The third-order valence-electron chi connectivity index (χ3n) is 4.52. The predicted octanol–water partition coefficient (Wildman–Crippen LogP) is 4.45. The molecule has 0 aliphatic carbocycles. The van der Waals surface area contributed by atoms with E-state index in [1.807, 2.05) is 55.5 Å². The fourth-order valence-electron chi connectivity index (χ4n) is 2.95. The molecule has 0 aliphatic heterocycles. The first-order valence-electron chi connectivity index (χ1n) is 9.41. The van der Waals surface area contributed by atoms with E-state index in [1.165, 1.54) is 6.07 Å². The lowest BCUT2D eigenvalue weighted by Gasteiger charge is -2.11. The average molecular weight is 429 g/mol. The van der Waals surface area contributed by atoms with Gasteiger partial charge in [0.25, 0.3) is 10.1 Å². The molecular weight excluding hydrogens is 404 g/mol. The summed E-state index contributed by atoms with van der Waals surface area (Å²) in [4.78, 5) is -0.0808. The minimum Gasteiger partial charge on any atom is -0.497 e. The van der Waals surface area contributed by atoms with Gasteiger partial charge in [-0.15, -0.1) is 0 Å². The van der Waals surface area contributed by atoms with Gasteiger partial charge in [-0.1, -0.05) is 29.8 Å².